The lowest BCUT2D eigenvalue weighted by molar-refractivity contribution is -0.137. The second-order valence-electron chi connectivity index (χ2n) is 6.16. The van der Waals surface area contributed by atoms with Crippen LogP contribution >= 0.6 is 11.3 Å². The third kappa shape index (κ3) is 3.45. The second-order valence-corrected chi connectivity index (χ2v) is 7.11. The number of nitrogens with zero attached hydrogens (tertiary/aromatic N) is 4. The first kappa shape index (κ1) is 18.1. The van der Waals surface area contributed by atoms with E-state index >= 15 is 0 Å². The van der Waals surface area contributed by atoms with Crippen molar-refractivity contribution >= 4 is 34.2 Å². The predicted molar refractivity (Wildman–Crippen MR) is 100 cm³/mol. The van der Waals surface area contributed by atoms with Crippen molar-refractivity contribution in [1.82, 2.24) is 19.7 Å². The van der Waals surface area contributed by atoms with Gasteiger partial charge in [-0.1, -0.05) is 6.07 Å². The van der Waals surface area contributed by atoms with Gasteiger partial charge in [-0.2, -0.15) is 5.10 Å². The fourth-order valence-corrected chi connectivity index (χ4v) is 3.62. The number of hydrogen-bond acceptors (Lipinski definition) is 5. The van der Waals surface area contributed by atoms with E-state index in [1.165, 1.54) is 0 Å². The van der Waals surface area contributed by atoms with E-state index in [9.17, 15) is 9.59 Å². The minimum Gasteiger partial charge on any atom is -0.481 e. The van der Waals surface area contributed by atoms with Gasteiger partial charge in [0.1, 0.15) is 0 Å². The van der Waals surface area contributed by atoms with Gasteiger partial charge in [0.15, 0.2) is 5.65 Å². The van der Waals surface area contributed by atoms with Crippen molar-refractivity contribution in [3.05, 3.63) is 34.8 Å². The van der Waals surface area contributed by atoms with Crippen molar-refractivity contribution in [2.24, 2.45) is 7.05 Å². The molecule has 8 heteroatoms. The molecule has 3 aromatic heterocycles. The summed E-state index contributed by atoms with van der Waals surface area (Å²) >= 11 is 1.56. The first-order valence-electron chi connectivity index (χ1n) is 8.24. The van der Waals surface area contributed by atoms with Crippen LogP contribution in [0.3, 0.4) is 0 Å². The number of carboxylic acid groups (broad SMARTS) is 1. The average molecular weight is 372 g/mol. The molecule has 3 rings (SSSR count). The molecule has 0 aliphatic carbocycles. The molecule has 0 radical (unpaired) electrons. The number of carbonyl (C=O) groups is 2. The zero-order chi connectivity index (χ0) is 18.8. The molecule has 3 heterocycles. The summed E-state index contributed by atoms with van der Waals surface area (Å²) in [5.74, 6) is -1.02. The van der Waals surface area contributed by atoms with Crippen LogP contribution in [-0.2, 0) is 11.8 Å². The Balaban J connectivity index is 2.03. The van der Waals surface area contributed by atoms with Crippen molar-refractivity contribution in [2.75, 3.05) is 13.6 Å². The highest BCUT2D eigenvalue weighted by molar-refractivity contribution is 7.13. The first-order valence-corrected chi connectivity index (χ1v) is 9.12. The number of carboxylic acids is 1. The second kappa shape index (κ2) is 7.25. The Labute approximate surface area is 154 Å². The smallest absolute Gasteiger partial charge is 0.303 e. The topological polar surface area (TPSA) is 88.3 Å². The van der Waals surface area contributed by atoms with E-state index in [0.29, 0.717) is 24.2 Å². The molecule has 0 unspecified atom stereocenters. The van der Waals surface area contributed by atoms with Gasteiger partial charge in [-0.3, -0.25) is 14.3 Å². The SMILES string of the molecule is Cc1nn(C)c2nc(-c3cccs3)cc(C(=O)N(C)CCCC(=O)O)c12. The fraction of sp³-hybridized carbons (Fsp3) is 0.333. The number of carbonyl (C=O) groups excluding carboxylic acids is 1. The molecule has 0 spiro atoms. The minimum absolute atomic E-state index is 0.0374. The summed E-state index contributed by atoms with van der Waals surface area (Å²) in [5.41, 5.74) is 2.69. The van der Waals surface area contributed by atoms with Crippen LogP contribution in [0.2, 0.25) is 0 Å². The van der Waals surface area contributed by atoms with Gasteiger partial charge in [-0.05, 0) is 30.9 Å². The number of pyridine rings is 1. The summed E-state index contributed by atoms with van der Waals surface area (Å²) in [7, 11) is 3.50. The van der Waals surface area contributed by atoms with Crippen LogP contribution in [-0.4, -0.2) is 50.2 Å². The molecule has 1 amide bonds. The molecule has 1 N–H and O–H groups in total. The van der Waals surface area contributed by atoms with Gasteiger partial charge in [0.2, 0.25) is 0 Å². The molecule has 0 aliphatic heterocycles. The molecule has 0 atom stereocenters. The van der Waals surface area contributed by atoms with E-state index in [4.69, 9.17) is 5.11 Å². The molecule has 0 aliphatic rings. The van der Waals surface area contributed by atoms with Crippen LogP contribution in [0, 0.1) is 6.92 Å². The van der Waals surface area contributed by atoms with Gasteiger partial charge >= 0.3 is 5.97 Å². The van der Waals surface area contributed by atoms with Crippen LogP contribution in [0.1, 0.15) is 28.9 Å². The molecule has 7 nitrogen and oxygen atoms in total. The van der Waals surface area contributed by atoms with E-state index in [1.807, 2.05) is 31.5 Å². The maximum Gasteiger partial charge on any atom is 0.303 e. The largest absolute Gasteiger partial charge is 0.481 e. The molecule has 0 bridgehead atoms. The Morgan fingerprint density at radius 1 is 1.38 bits per heavy atom. The van der Waals surface area contributed by atoms with Crippen LogP contribution in [0.15, 0.2) is 23.6 Å². The van der Waals surface area contributed by atoms with Crippen molar-refractivity contribution in [1.29, 1.82) is 0 Å². The Morgan fingerprint density at radius 2 is 2.15 bits per heavy atom. The Kier molecular flexibility index (Phi) is 5.03. The highest BCUT2D eigenvalue weighted by Gasteiger charge is 2.21. The highest BCUT2D eigenvalue weighted by atomic mass is 32.1. The van der Waals surface area contributed by atoms with Crippen molar-refractivity contribution in [3.63, 3.8) is 0 Å². The normalized spacial score (nSPS) is 11.0. The monoisotopic (exact) mass is 372 g/mol. The van der Waals surface area contributed by atoms with Crippen molar-refractivity contribution in [3.8, 4) is 10.6 Å². The summed E-state index contributed by atoms with van der Waals surface area (Å²) in [6.45, 7) is 2.23. The number of rotatable bonds is 6. The van der Waals surface area contributed by atoms with Crippen molar-refractivity contribution in [2.45, 2.75) is 19.8 Å². The quantitative estimate of drug-likeness (QED) is 0.719. The summed E-state index contributed by atoms with van der Waals surface area (Å²) < 4.78 is 1.68. The lowest BCUT2D eigenvalue weighted by Crippen LogP contribution is -2.28. The molecular formula is C18H20N4O3S. The van der Waals surface area contributed by atoms with Crippen LogP contribution < -0.4 is 0 Å². The van der Waals surface area contributed by atoms with Gasteiger partial charge in [0.05, 0.1) is 27.2 Å². The van der Waals surface area contributed by atoms with E-state index in [-0.39, 0.29) is 12.3 Å². The third-order valence-corrected chi connectivity index (χ3v) is 5.10. The molecule has 0 fully saturated rings. The molecule has 0 saturated heterocycles. The van der Waals surface area contributed by atoms with E-state index in [1.54, 1.807) is 34.0 Å². The van der Waals surface area contributed by atoms with Crippen LogP contribution in [0.5, 0.6) is 0 Å². The van der Waals surface area contributed by atoms with E-state index < -0.39 is 5.97 Å². The molecule has 136 valence electrons. The number of amides is 1. The van der Waals surface area contributed by atoms with Crippen LogP contribution in [0.4, 0.5) is 0 Å². The Hall–Kier alpha value is -2.74. The summed E-state index contributed by atoms with van der Waals surface area (Å²) in [6.07, 6.45) is 0.450. The zero-order valence-electron chi connectivity index (χ0n) is 14.9. The predicted octanol–water partition coefficient (Wildman–Crippen LogP) is 2.94. The first-order chi connectivity index (χ1) is 12.4. The van der Waals surface area contributed by atoms with Crippen LogP contribution in [0.25, 0.3) is 21.6 Å². The van der Waals surface area contributed by atoms with Gasteiger partial charge in [0.25, 0.3) is 5.91 Å². The number of aryl methyl sites for hydroxylation is 2. The summed E-state index contributed by atoms with van der Waals surface area (Å²) in [5, 5.41) is 15.9. The number of fused-ring (bicyclic) bond motifs is 1. The maximum atomic E-state index is 13.0. The van der Waals surface area contributed by atoms with Crippen molar-refractivity contribution < 1.29 is 14.7 Å². The molecule has 0 saturated carbocycles. The minimum atomic E-state index is -0.861. The maximum absolute atomic E-state index is 13.0. The van der Waals surface area contributed by atoms with E-state index in [0.717, 1.165) is 21.7 Å². The Bertz CT molecular complexity index is 963. The van der Waals surface area contributed by atoms with Gasteiger partial charge in [0, 0.05) is 27.1 Å². The standard InChI is InChI=1S/C18H20N4O3S/c1-11-16-12(18(25)21(2)8-4-7-15(23)24)10-13(14-6-5-9-26-14)19-17(16)22(3)20-11/h5-6,9-10H,4,7-8H2,1-3H3,(H,23,24). The average Bonchev–Trinajstić information content (AvgIpc) is 3.22. The highest BCUT2D eigenvalue weighted by Crippen LogP contribution is 2.29. The molecular weight excluding hydrogens is 352 g/mol. The molecule has 0 aromatic carbocycles. The molecule has 26 heavy (non-hydrogen) atoms. The fourth-order valence-electron chi connectivity index (χ4n) is 2.94. The number of thiophene rings is 1. The Morgan fingerprint density at radius 3 is 2.81 bits per heavy atom. The lowest BCUT2D eigenvalue weighted by atomic mass is 10.1. The third-order valence-electron chi connectivity index (χ3n) is 4.20. The van der Waals surface area contributed by atoms with Gasteiger partial charge < -0.3 is 10.0 Å². The summed E-state index contributed by atoms with van der Waals surface area (Å²) in [6, 6.07) is 5.71. The van der Waals surface area contributed by atoms with Gasteiger partial charge in [-0.25, -0.2) is 4.98 Å². The number of aromatic nitrogens is 3. The van der Waals surface area contributed by atoms with Gasteiger partial charge in [-0.15, -0.1) is 11.3 Å². The lowest BCUT2D eigenvalue weighted by Gasteiger charge is -2.18. The number of aliphatic carboxylic acids is 1. The zero-order valence-corrected chi connectivity index (χ0v) is 15.7. The van der Waals surface area contributed by atoms with E-state index in [2.05, 4.69) is 10.1 Å². The summed E-state index contributed by atoms with van der Waals surface area (Å²) in [4.78, 5) is 31.0. The number of hydrogen-bond donors (Lipinski definition) is 1. The molecule has 3 aromatic rings.